The zero-order valence-electron chi connectivity index (χ0n) is 12.9. The lowest BCUT2D eigenvalue weighted by molar-refractivity contribution is -0.137. The van der Waals surface area contributed by atoms with Gasteiger partial charge in [-0.1, -0.05) is 20.8 Å². The number of aryl methyl sites for hydroxylation is 1. The SMILES string of the molecule is Cc1cc(NC(=O)c2csc(C(C)(C)C)n2)n(CC(=O)O)n1. The molecule has 2 heterocycles. The smallest absolute Gasteiger partial charge is 0.325 e. The summed E-state index contributed by atoms with van der Waals surface area (Å²) in [5.74, 6) is -1.06. The van der Waals surface area contributed by atoms with Crippen LogP contribution in [-0.4, -0.2) is 31.7 Å². The second-order valence-corrected chi connectivity index (χ2v) is 6.82. The van der Waals surface area contributed by atoms with E-state index in [-0.39, 0.29) is 17.9 Å². The van der Waals surface area contributed by atoms with Gasteiger partial charge in [0.15, 0.2) is 0 Å². The van der Waals surface area contributed by atoms with Crippen LogP contribution in [0.4, 0.5) is 5.82 Å². The number of anilines is 1. The lowest BCUT2D eigenvalue weighted by Gasteiger charge is -2.13. The van der Waals surface area contributed by atoms with Gasteiger partial charge in [-0.15, -0.1) is 11.3 Å². The number of rotatable bonds is 4. The maximum Gasteiger partial charge on any atom is 0.325 e. The number of hydrogen-bond donors (Lipinski definition) is 2. The molecule has 2 rings (SSSR count). The molecule has 0 radical (unpaired) electrons. The van der Waals surface area contributed by atoms with Gasteiger partial charge < -0.3 is 10.4 Å². The lowest BCUT2D eigenvalue weighted by atomic mass is 9.98. The largest absolute Gasteiger partial charge is 0.480 e. The van der Waals surface area contributed by atoms with Gasteiger partial charge in [-0.2, -0.15) is 5.10 Å². The number of aromatic nitrogens is 3. The summed E-state index contributed by atoms with van der Waals surface area (Å²) < 4.78 is 1.24. The topological polar surface area (TPSA) is 97.1 Å². The molecule has 0 aromatic carbocycles. The third kappa shape index (κ3) is 3.70. The fourth-order valence-electron chi connectivity index (χ4n) is 1.80. The molecular formula is C14H18N4O3S. The van der Waals surface area contributed by atoms with E-state index in [9.17, 15) is 9.59 Å². The molecular weight excluding hydrogens is 304 g/mol. The molecule has 0 unspecified atom stereocenters. The molecule has 1 amide bonds. The van der Waals surface area contributed by atoms with Crippen LogP contribution in [-0.2, 0) is 16.8 Å². The summed E-state index contributed by atoms with van der Waals surface area (Å²) in [7, 11) is 0. The molecule has 2 N–H and O–H groups in total. The van der Waals surface area contributed by atoms with Gasteiger partial charge in [-0.3, -0.25) is 9.59 Å². The van der Waals surface area contributed by atoms with E-state index in [0.29, 0.717) is 17.2 Å². The fraction of sp³-hybridized carbons (Fsp3) is 0.429. The zero-order chi connectivity index (χ0) is 16.5. The minimum absolute atomic E-state index is 0.120. The Morgan fingerprint density at radius 1 is 1.41 bits per heavy atom. The Labute approximate surface area is 132 Å². The molecule has 0 saturated carbocycles. The summed E-state index contributed by atoms with van der Waals surface area (Å²) in [5.41, 5.74) is 0.825. The Morgan fingerprint density at radius 3 is 2.64 bits per heavy atom. The lowest BCUT2D eigenvalue weighted by Crippen LogP contribution is -2.19. The number of amides is 1. The van der Waals surface area contributed by atoms with Crippen LogP contribution in [0.3, 0.4) is 0 Å². The van der Waals surface area contributed by atoms with E-state index in [0.717, 1.165) is 5.01 Å². The highest BCUT2D eigenvalue weighted by atomic mass is 32.1. The number of carboxylic acids is 1. The molecule has 0 aliphatic rings. The van der Waals surface area contributed by atoms with E-state index in [4.69, 9.17) is 5.11 Å². The Morgan fingerprint density at radius 2 is 2.09 bits per heavy atom. The highest BCUT2D eigenvalue weighted by Crippen LogP contribution is 2.25. The first-order valence-corrected chi connectivity index (χ1v) is 7.58. The van der Waals surface area contributed by atoms with Crippen LogP contribution in [0.15, 0.2) is 11.4 Å². The van der Waals surface area contributed by atoms with Crippen molar-refractivity contribution < 1.29 is 14.7 Å². The summed E-state index contributed by atoms with van der Waals surface area (Å²) in [6.45, 7) is 7.50. The highest BCUT2D eigenvalue weighted by molar-refractivity contribution is 7.10. The minimum Gasteiger partial charge on any atom is -0.480 e. The molecule has 0 aliphatic heterocycles. The van der Waals surface area contributed by atoms with Gasteiger partial charge in [0.05, 0.1) is 10.7 Å². The van der Waals surface area contributed by atoms with Crippen molar-refractivity contribution in [3.63, 3.8) is 0 Å². The Hall–Kier alpha value is -2.22. The van der Waals surface area contributed by atoms with E-state index in [1.807, 2.05) is 20.8 Å². The molecule has 0 aliphatic carbocycles. The molecule has 0 saturated heterocycles. The van der Waals surface area contributed by atoms with E-state index in [1.165, 1.54) is 16.0 Å². The van der Waals surface area contributed by atoms with Crippen molar-refractivity contribution in [3.05, 3.63) is 27.8 Å². The van der Waals surface area contributed by atoms with Crippen molar-refractivity contribution in [3.8, 4) is 0 Å². The van der Waals surface area contributed by atoms with Crippen molar-refractivity contribution in [2.45, 2.75) is 39.7 Å². The third-order valence-corrected chi connectivity index (χ3v) is 4.08. The molecule has 2 aromatic heterocycles. The second-order valence-electron chi connectivity index (χ2n) is 5.96. The number of carbonyl (C=O) groups is 2. The molecule has 8 heteroatoms. The van der Waals surface area contributed by atoms with Crippen LogP contribution in [0.25, 0.3) is 0 Å². The van der Waals surface area contributed by atoms with Gasteiger partial charge in [0, 0.05) is 16.9 Å². The predicted molar refractivity (Wildman–Crippen MR) is 83.4 cm³/mol. The van der Waals surface area contributed by atoms with Gasteiger partial charge in [0.2, 0.25) is 0 Å². The average Bonchev–Trinajstić information content (AvgIpc) is 2.95. The summed E-state index contributed by atoms with van der Waals surface area (Å²) >= 11 is 1.43. The van der Waals surface area contributed by atoms with Gasteiger partial charge >= 0.3 is 5.97 Å². The summed E-state index contributed by atoms with van der Waals surface area (Å²) in [4.78, 5) is 27.4. The highest BCUT2D eigenvalue weighted by Gasteiger charge is 2.21. The van der Waals surface area contributed by atoms with Crippen LogP contribution < -0.4 is 5.32 Å². The van der Waals surface area contributed by atoms with Gasteiger partial charge in [-0.05, 0) is 6.92 Å². The summed E-state index contributed by atoms with van der Waals surface area (Å²) in [6, 6.07) is 1.62. The quantitative estimate of drug-likeness (QED) is 0.900. The minimum atomic E-state index is -1.03. The molecule has 0 atom stereocenters. The normalized spacial score (nSPS) is 11.5. The van der Waals surface area contributed by atoms with E-state index in [2.05, 4.69) is 15.4 Å². The Bertz CT molecular complexity index is 712. The Kier molecular flexibility index (Phi) is 4.32. The molecule has 22 heavy (non-hydrogen) atoms. The second kappa shape index (κ2) is 5.88. The maximum atomic E-state index is 12.2. The Balaban J connectivity index is 2.19. The van der Waals surface area contributed by atoms with Gasteiger partial charge in [0.25, 0.3) is 5.91 Å². The zero-order valence-corrected chi connectivity index (χ0v) is 13.7. The molecule has 0 bridgehead atoms. The number of hydrogen-bond acceptors (Lipinski definition) is 5. The molecule has 0 fully saturated rings. The molecule has 118 valence electrons. The van der Waals surface area contributed by atoms with Gasteiger partial charge in [0.1, 0.15) is 18.1 Å². The molecule has 2 aromatic rings. The van der Waals surface area contributed by atoms with Crippen LogP contribution in [0, 0.1) is 6.92 Å². The van der Waals surface area contributed by atoms with Crippen molar-refractivity contribution in [1.82, 2.24) is 14.8 Å². The summed E-state index contributed by atoms with van der Waals surface area (Å²) in [5, 5.41) is 18.1. The van der Waals surface area contributed by atoms with Crippen molar-refractivity contribution in [2.75, 3.05) is 5.32 Å². The third-order valence-electron chi connectivity index (χ3n) is 2.81. The van der Waals surface area contributed by atoms with Gasteiger partial charge in [-0.25, -0.2) is 9.67 Å². The average molecular weight is 322 g/mol. The van der Waals surface area contributed by atoms with Crippen LogP contribution in [0.2, 0.25) is 0 Å². The first-order chi connectivity index (χ1) is 10.2. The van der Waals surface area contributed by atoms with E-state index >= 15 is 0 Å². The maximum absolute atomic E-state index is 12.2. The number of carboxylic acid groups (broad SMARTS) is 1. The standard InChI is InChI=1S/C14H18N4O3S/c1-8-5-10(18(17-8)6-11(19)20)16-12(21)9-7-22-13(15-9)14(2,3)4/h5,7H,6H2,1-4H3,(H,16,21)(H,19,20). The van der Waals surface area contributed by atoms with E-state index in [1.54, 1.807) is 18.4 Å². The van der Waals surface area contributed by atoms with E-state index < -0.39 is 5.97 Å². The number of thiazole rings is 1. The number of nitrogens with one attached hydrogen (secondary N) is 1. The monoisotopic (exact) mass is 322 g/mol. The molecule has 0 spiro atoms. The summed E-state index contributed by atoms with van der Waals surface area (Å²) in [6.07, 6.45) is 0. The van der Waals surface area contributed by atoms with Crippen LogP contribution in [0.1, 0.15) is 42.0 Å². The fourth-order valence-corrected chi connectivity index (χ4v) is 2.69. The number of nitrogens with zero attached hydrogens (tertiary/aromatic N) is 3. The number of carbonyl (C=O) groups excluding carboxylic acids is 1. The van der Waals surface area contributed by atoms with Crippen LogP contribution >= 0.6 is 11.3 Å². The first kappa shape index (κ1) is 16.2. The van der Waals surface area contributed by atoms with Crippen molar-refractivity contribution >= 4 is 29.0 Å². The van der Waals surface area contributed by atoms with Crippen molar-refractivity contribution in [2.24, 2.45) is 0 Å². The molecule has 7 nitrogen and oxygen atoms in total. The predicted octanol–water partition coefficient (Wildman–Crippen LogP) is 2.28. The first-order valence-electron chi connectivity index (χ1n) is 6.70. The van der Waals surface area contributed by atoms with Crippen LogP contribution in [0.5, 0.6) is 0 Å². The van der Waals surface area contributed by atoms with Crippen molar-refractivity contribution in [1.29, 1.82) is 0 Å². The number of aliphatic carboxylic acids is 1.